The van der Waals surface area contributed by atoms with Crippen LogP contribution in [0.4, 0.5) is 4.79 Å². The molecule has 2 aromatic rings. The standard InChI is InChI=1S/C25H32N2O5/c1-19-12-14-20(15-13-19)17-22(24(29)31-2)27-23(28)11-7-4-8-16-26-25(30)32-18-21-9-5-3-6-10-21/h3,5-6,9-10,12-15,22H,4,7-8,11,16-18H2,1-2H3,(H,26,30)(H,27,28)/t22-/m1/s1. The van der Waals surface area contributed by atoms with Gasteiger partial charge in [-0.15, -0.1) is 0 Å². The summed E-state index contributed by atoms with van der Waals surface area (Å²) in [6.07, 6.45) is 2.40. The molecule has 2 aromatic carbocycles. The largest absolute Gasteiger partial charge is 0.467 e. The molecule has 1 atom stereocenters. The Hall–Kier alpha value is -3.35. The van der Waals surface area contributed by atoms with Crippen LogP contribution in [0, 0.1) is 6.92 Å². The smallest absolute Gasteiger partial charge is 0.407 e. The Kier molecular flexibility index (Phi) is 10.8. The zero-order valence-electron chi connectivity index (χ0n) is 18.8. The third-order valence-electron chi connectivity index (χ3n) is 4.94. The SMILES string of the molecule is COC(=O)[C@@H](Cc1ccc(C)cc1)NC(=O)CCCCCNC(=O)OCc1ccccc1. The molecule has 0 aliphatic rings. The van der Waals surface area contributed by atoms with Gasteiger partial charge in [0.05, 0.1) is 7.11 Å². The topological polar surface area (TPSA) is 93.7 Å². The lowest BCUT2D eigenvalue weighted by Gasteiger charge is -2.17. The summed E-state index contributed by atoms with van der Waals surface area (Å²) in [7, 11) is 1.31. The maximum absolute atomic E-state index is 12.3. The van der Waals surface area contributed by atoms with E-state index in [1.54, 1.807) is 0 Å². The monoisotopic (exact) mass is 440 g/mol. The van der Waals surface area contributed by atoms with Crippen LogP contribution in [0.25, 0.3) is 0 Å². The van der Waals surface area contributed by atoms with Crippen molar-refractivity contribution in [2.75, 3.05) is 13.7 Å². The number of benzene rings is 2. The number of amides is 2. The molecule has 0 aliphatic heterocycles. The summed E-state index contributed by atoms with van der Waals surface area (Å²) in [6.45, 7) is 2.71. The number of methoxy groups -OCH3 is 1. The molecular formula is C25H32N2O5. The Balaban J connectivity index is 1.61. The summed E-state index contributed by atoms with van der Waals surface area (Å²) >= 11 is 0. The van der Waals surface area contributed by atoms with Crippen LogP contribution in [0.2, 0.25) is 0 Å². The zero-order chi connectivity index (χ0) is 23.2. The highest BCUT2D eigenvalue weighted by molar-refractivity contribution is 5.84. The van der Waals surface area contributed by atoms with Crippen LogP contribution >= 0.6 is 0 Å². The van der Waals surface area contributed by atoms with Crippen LogP contribution in [-0.2, 0) is 32.1 Å². The average Bonchev–Trinajstić information content (AvgIpc) is 2.81. The average molecular weight is 441 g/mol. The molecule has 0 spiro atoms. The van der Waals surface area contributed by atoms with Crippen LogP contribution in [0.15, 0.2) is 54.6 Å². The van der Waals surface area contributed by atoms with E-state index in [1.807, 2.05) is 61.5 Å². The summed E-state index contributed by atoms with van der Waals surface area (Å²) in [5, 5.41) is 5.47. The first-order valence-corrected chi connectivity index (χ1v) is 10.8. The van der Waals surface area contributed by atoms with Crippen molar-refractivity contribution in [3.63, 3.8) is 0 Å². The van der Waals surface area contributed by atoms with Crippen molar-refractivity contribution in [2.45, 2.75) is 51.7 Å². The highest BCUT2D eigenvalue weighted by atomic mass is 16.5. The minimum atomic E-state index is -0.712. The van der Waals surface area contributed by atoms with Crippen LogP contribution in [0.5, 0.6) is 0 Å². The molecule has 2 rings (SSSR count). The van der Waals surface area contributed by atoms with E-state index in [2.05, 4.69) is 10.6 Å². The van der Waals surface area contributed by atoms with Gasteiger partial charge in [-0.1, -0.05) is 66.6 Å². The Bertz CT molecular complexity index is 852. The lowest BCUT2D eigenvalue weighted by molar-refractivity contribution is -0.145. The van der Waals surface area contributed by atoms with Crippen LogP contribution in [-0.4, -0.2) is 37.7 Å². The summed E-state index contributed by atoms with van der Waals surface area (Å²) < 4.78 is 9.98. The van der Waals surface area contributed by atoms with E-state index < -0.39 is 18.1 Å². The third kappa shape index (κ3) is 9.64. The quantitative estimate of drug-likeness (QED) is 0.388. The highest BCUT2D eigenvalue weighted by Crippen LogP contribution is 2.08. The van der Waals surface area contributed by atoms with E-state index in [0.29, 0.717) is 25.8 Å². The maximum atomic E-state index is 12.3. The fraction of sp³-hybridized carbons (Fsp3) is 0.400. The Morgan fingerprint density at radius 1 is 0.906 bits per heavy atom. The number of hydrogen-bond donors (Lipinski definition) is 2. The second-order valence-electron chi connectivity index (χ2n) is 7.63. The number of carbonyl (C=O) groups is 3. The lowest BCUT2D eigenvalue weighted by Crippen LogP contribution is -2.43. The third-order valence-corrected chi connectivity index (χ3v) is 4.94. The van der Waals surface area contributed by atoms with Gasteiger partial charge in [0.2, 0.25) is 5.91 Å². The number of carbonyl (C=O) groups excluding carboxylic acids is 3. The van der Waals surface area contributed by atoms with Crippen LogP contribution < -0.4 is 10.6 Å². The fourth-order valence-corrected chi connectivity index (χ4v) is 3.11. The van der Waals surface area contributed by atoms with E-state index >= 15 is 0 Å². The highest BCUT2D eigenvalue weighted by Gasteiger charge is 2.21. The first-order chi connectivity index (χ1) is 15.5. The van der Waals surface area contributed by atoms with Crippen molar-refractivity contribution in [1.29, 1.82) is 0 Å². The van der Waals surface area contributed by atoms with Crippen LogP contribution in [0.1, 0.15) is 42.4 Å². The summed E-state index contributed by atoms with van der Waals surface area (Å²) in [5.41, 5.74) is 3.02. The van der Waals surface area contributed by atoms with E-state index in [1.165, 1.54) is 7.11 Å². The number of aryl methyl sites for hydroxylation is 1. The molecule has 2 N–H and O–H groups in total. The van der Waals surface area contributed by atoms with Crippen LogP contribution in [0.3, 0.4) is 0 Å². The van der Waals surface area contributed by atoms with E-state index in [4.69, 9.17) is 9.47 Å². The molecule has 0 fully saturated rings. The minimum Gasteiger partial charge on any atom is -0.467 e. The molecule has 32 heavy (non-hydrogen) atoms. The first kappa shape index (κ1) is 24.9. The predicted molar refractivity (Wildman–Crippen MR) is 122 cm³/mol. The molecule has 0 saturated heterocycles. The van der Waals surface area contributed by atoms with E-state index in [9.17, 15) is 14.4 Å². The van der Waals surface area contributed by atoms with Gasteiger partial charge in [-0.25, -0.2) is 9.59 Å². The van der Waals surface area contributed by atoms with Gasteiger partial charge in [-0.3, -0.25) is 4.79 Å². The van der Waals surface area contributed by atoms with Gasteiger partial charge in [-0.05, 0) is 30.9 Å². The molecule has 172 valence electrons. The maximum Gasteiger partial charge on any atom is 0.407 e. The van der Waals surface area contributed by atoms with Crippen molar-refractivity contribution >= 4 is 18.0 Å². The Morgan fingerprint density at radius 2 is 1.62 bits per heavy atom. The molecule has 0 unspecified atom stereocenters. The van der Waals surface area contributed by atoms with Gasteiger partial charge in [0, 0.05) is 19.4 Å². The van der Waals surface area contributed by atoms with Gasteiger partial charge >= 0.3 is 12.1 Å². The van der Waals surface area contributed by atoms with Crippen molar-refractivity contribution in [2.24, 2.45) is 0 Å². The van der Waals surface area contributed by atoms with Crippen molar-refractivity contribution in [3.8, 4) is 0 Å². The molecular weight excluding hydrogens is 408 g/mol. The summed E-state index contributed by atoms with van der Waals surface area (Å²) in [6, 6.07) is 16.6. The number of hydrogen-bond acceptors (Lipinski definition) is 5. The normalized spacial score (nSPS) is 11.3. The number of esters is 1. The number of unbranched alkanes of at least 4 members (excludes halogenated alkanes) is 2. The van der Waals surface area contributed by atoms with Gasteiger partial charge in [0.15, 0.2) is 0 Å². The predicted octanol–water partition coefficient (Wildman–Crippen LogP) is 3.68. The molecule has 0 radical (unpaired) electrons. The Morgan fingerprint density at radius 3 is 2.31 bits per heavy atom. The second-order valence-corrected chi connectivity index (χ2v) is 7.63. The minimum absolute atomic E-state index is 0.192. The second kappa shape index (κ2) is 13.9. The molecule has 0 bridgehead atoms. The summed E-state index contributed by atoms with van der Waals surface area (Å²) in [5.74, 6) is -0.653. The molecule has 0 heterocycles. The Labute approximate surface area is 189 Å². The van der Waals surface area contributed by atoms with Gasteiger partial charge < -0.3 is 20.1 Å². The molecule has 2 amide bonds. The fourth-order valence-electron chi connectivity index (χ4n) is 3.11. The van der Waals surface area contributed by atoms with E-state index in [-0.39, 0.29) is 12.5 Å². The van der Waals surface area contributed by atoms with Gasteiger partial charge in [0.25, 0.3) is 0 Å². The molecule has 0 aliphatic carbocycles. The molecule has 7 nitrogen and oxygen atoms in total. The van der Waals surface area contributed by atoms with E-state index in [0.717, 1.165) is 29.5 Å². The number of ether oxygens (including phenoxy) is 2. The van der Waals surface area contributed by atoms with Crippen molar-refractivity contribution in [3.05, 3.63) is 71.3 Å². The zero-order valence-corrected chi connectivity index (χ0v) is 18.8. The van der Waals surface area contributed by atoms with Crippen molar-refractivity contribution in [1.82, 2.24) is 10.6 Å². The number of alkyl carbamates (subject to hydrolysis) is 1. The number of nitrogens with one attached hydrogen (secondary N) is 2. The number of rotatable bonds is 12. The van der Waals surface area contributed by atoms with Gasteiger partial charge in [-0.2, -0.15) is 0 Å². The molecule has 0 aromatic heterocycles. The molecule has 0 saturated carbocycles. The molecule has 7 heteroatoms. The lowest BCUT2D eigenvalue weighted by atomic mass is 10.0. The van der Waals surface area contributed by atoms with Crippen molar-refractivity contribution < 1.29 is 23.9 Å². The first-order valence-electron chi connectivity index (χ1n) is 10.8. The van der Waals surface area contributed by atoms with Gasteiger partial charge in [0.1, 0.15) is 12.6 Å². The summed E-state index contributed by atoms with van der Waals surface area (Å²) in [4.78, 5) is 36.0.